The van der Waals surface area contributed by atoms with Crippen LogP contribution in [-0.2, 0) is 15.9 Å². The minimum Gasteiger partial charge on any atom is -0.462 e. The first-order chi connectivity index (χ1) is 10.6. The van der Waals surface area contributed by atoms with E-state index >= 15 is 0 Å². The first-order valence-electron chi connectivity index (χ1n) is 7.35. The summed E-state index contributed by atoms with van der Waals surface area (Å²) in [7, 11) is 0. The molecule has 2 aromatic rings. The molecule has 0 saturated carbocycles. The third-order valence-electron chi connectivity index (χ3n) is 3.38. The van der Waals surface area contributed by atoms with E-state index in [-0.39, 0.29) is 17.6 Å². The molecule has 0 spiro atoms. The molecule has 0 aromatic carbocycles. The Labute approximate surface area is 128 Å². The highest BCUT2D eigenvalue weighted by Gasteiger charge is 2.15. The minimum atomic E-state index is -0.623. The molecule has 0 fully saturated rings. The summed E-state index contributed by atoms with van der Waals surface area (Å²) in [6, 6.07) is 1.78. The summed E-state index contributed by atoms with van der Waals surface area (Å²) in [4.78, 5) is 31.5. The van der Waals surface area contributed by atoms with E-state index in [1.54, 1.807) is 13.0 Å². The van der Waals surface area contributed by atoms with Crippen LogP contribution in [0.3, 0.4) is 0 Å². The molecule has 2 heterocycles. The van der Waals surface area contributed by atoms with Crippen LogP contribution in [0, 0.1) is 6.92 Å². The number of hydrogen-bond donors (Lipinski definition) is 1. The largest absolute Gasteiger partial charge is 0.462 e. The smallest absolute Gasteiger partial charge is 0.343 e. The number of aromatic amines is 1. The minimum absolute atomic E-state index is 0.00392. The van der Waals surface area contributed by atoms with Crippen molar-refractivity contribution < 1.29 is 14.3 Å². The standard InChI is InChI=1S/C16H20N2O4/c1-4-21-7-6-11-8-12-14(19)13(16(20)22-5-2)9-17-15(12)18-10(11)3/h8-9H,4-7H2,1-3H3,(H,17,18,19). The van der Waals surface area contributed by atoms with Crippen molar-refractivity contribution in [2.75, 3.05) is 19.8 Å². The molecule has 1 N–H and O–H groups in total. The van der Waals surface area contributed by atoms with Crippen LogP contribution in [0.5, 0.6) is 0 Å². The highest BCUT2D eigenvalue weighted by atomic mass is 16.5. The van der Waals surface area contributed by atoms with Gasteiger partial charge in [-0.1, -0.05) is 0 Å². The van der Waals surface area contributed by atoms with Gasteiger partial charge in [0.15, 0.2) is 0 Å². The van der Waals surface area contributed by atoms with Gasteiger partial charge in [0, 0.05) is 18.5 Å². The van der Waals surface area contributed by atoms with Gasteiger partial charge in [-0.15, -0.1) is 0 Å². The van der Waals surface area contributed by atoms with E-state index in [0.29, 0.717) is 30.7 Å². The van der Waals surface area contributed by atoms with Gasteiger partial charge in [0.1, 0.15) is 11.2 Å². The summed E-state index contributed by atoms with van der Waals surface area (Å²) >= 11 is 0. The SMILES string of the molecule is CCOCCc1cc2c(=O)c(C(=O)OCC)c[nH]c2nc1C. The quantitative estimate of drug-likeness (QED) is 0.652. The van der Waals surface area contributed by atoms with Gasteiger partial charge in [-0.25, -0.2) is 9.78 Å². The Morgan fingerprint density at radius 3 is 2.77 bits per heavy atom. The van der Waals surface area contributed by atoms with Crippen LogP contribution in [0.2, 0.25) is 0 Å². The Balaban J connectivity index is 2.46. The number of aryl methyl sites for hydroxylation is 1. The van der Waals surface area contributed by atoms with Crippen molar-refractivity contribution >= 4 is 17.0 Å². The molecular weight excluding hydrogens is 284 g/mol. The normalized spacial score (nSPS) is 10.9. The van der Waals surface area contributed by atoms with Gasteiger partial charge in [-0.05, 0) is 38.8 Å². The second-order valence-electron chi connectivity index (χ2n) is 4.83. The highest BCUT2D eigenvalue weighted by Crippen LogP contribution is 2.13. The van der Waals surface area contributed by atoms with Crippen LogP contribution in [-0.4, -0.2) is 35.8 Å². The van der Waals surface area contributed by atoms with Crippen molar-refractivity contribution in [3.05, 3.63) is 39.3 Å². The van der Waals surface area contributed by atoms with Crippen LogP contribution in [0.25, 0.3) is 11.0 Å². The average Bonchev–Trinajstić information content (AvgIpc) is 2.49. The third kappa shape index (κ3) is 3.33. The van der Waals surface area contributed by atoms with Gasteiger partial charge in [-0.2, -0.15) is 0 Å². The van der Waals surface area contributed by atoms with Crippen molar-refractivity contribution in [3.8, 4) is 0 Å². The molecule has 0 aliphatic rings. The van der Waals surface area contributed by atoms with E-state index in [1.165, 1.54) is 6.20 Å². The number of nitrogens with zero attached hydrogens (tertiary/aromatic N) is 1. The lowest BCUT2D eigenvalue weighted by atomic mass is 10.1. The molecule has 6 nitrogen and oxygen atoms in total. The maximum atomic E-state index is 12.4. The molecule has 2 rings (SSSR count). The number of nitrogens with one attached hydrogen (secondary N) is 1. The Bertz CT molecular complexity index is 737. The number of fused-ring (bicyclic) bond motifs is 1. The number of hydrogen-bond acceptors (Lipinski definition) is 5. The summed E-state index contributed by atoms with van der Waals surface area (Å²) in [5.74, 6) is -0.623. The van der Waals surface area contributed by atoms with Gasteiger partial charge in [0.05, 0.1) is 18.6 Å². The number of pyridine rings is 2. The van der Waals surface area contributed by atoms with Crippen LogP contribution < -0.4 is 5.43 Å². The molecule has 0 aliphatic carbocycles. The first kappa shape index (κ1) is 16.2. The molecule has 0 saturated heterocycles. The number of rotatable bonds is 6. The molecule has 0 bridgehead atoms. The summed E-state index contributed by atoms with van der Waals surface area (Å²) < 4.78 is 10.2. The van der Waals surface area contributed by atoms with Gasteiger partial charge in [-0.3, -0.25) is 4.79 Å². The zero-order valence-corrected chi connectivity index (χ0v) is 13.1. The Hall–Kier alpha value is -2.21. The molecule has 0 atom stereocenters. The fourth-order valence-electron chi connectivity index (χ4n) is 2.22. The lowest BCUT2D eigenvalue weighted by Gasteiger charge is -2.08. The fourth-order valence-corrected chi connectivity index (χ4v) is 2.22. The van der Waals surface area contributed by atoms with Gasteiger partial charge < -0.3 is 14.5 Å². The van der Waals surface area contributed by atoms with Crippen molar-refractivity contribution in [1.29, 1.82) is 0 Å². The zero-order valence-electron chi connectivity index (χ0n) is 13.1. The summed E-state index contributed by atoms with van der Waals surface area (Å²) in [6.45, 7) is 6.96. The topological polar surface area (TPSA) is 81.3 Å². The summed E-state index contributed by atoms with van der Waals surface area (Å²) in [5.41, 5.74) is 1.88. The predicted octanol–water partition coefficient (Wildman–Crippen LogP) is 1.99. The molecule has 0 aliphatic heterocycles. The van der Waals surface area contributed by atoms with E-state index in [4.69, 9.17) is 9.47 Å². The molecule has 118 valence electrons. The lowest BCUT2D eigenvalue weighted by molar-refractivity contribution is 0.0524. The van der Waals surface area contributed by atoms with E-state index in [0.717, 1.165) is 11.3 Å². The molecular formula is C16H20N2O4. The predicted molar refractivity (Wildman–Crippen MR) is 83.3 cm³/mol. The van der Waals surface area contributed by atoms with Crippen molar-refractivity contribution in [1.82, 2.24) is 9.97 Å². The summed E-state index contributed by atoms with van der Waals surface area (Å²) in [6.07, 6.45) is 2.03. The van der Waals surface area contributed by atoms with Gasteiger partial charge >= 0.3 is 5.97 Å². The first-order valence-corrected chi connectivity index (χ1v) is 7.35. The van der Waals surface area contributed by atoms with Crippen molar-refractivity contribution in [2.45, 2.75) is 27.2 Å². The third-order valence-corrected chi connectivity index (χ3v) is 3.38. The van der Waals surface area contributed by atoms with E-state index < -0.39 is 5.97 Å². The second-order valence-corrected chi connectivity index (χ2v) is 4.83. The molecule has 0 unspecified atom stereocenters. The second kappa shape index (κ2) is 7.17. The van der Waals surface area contributed by atoms with Crippen LogP contribution in [0.1, 0.15) is 35.5 Å². The lowest BCUT2D eigenvalue weighted by Crippen LogP contribution is -2.19. The van der Waals surface area contributed by atoms with E-state index in [9.17, 15) is 9.59 Å². The van der Waals surface area contributed by atoms with Crippen LogP contribution in [0.4, 0.5) is 0 Å². The Kier molecular flexibility index (Phi) is 5.27. The number of esters is 1. The number of carbonyl (C=O) groups excluding carboxylic acids is 1. The molecule has 22 heavy (non-hydrogen) atoms. The van der Waals surface area contributed by atoms with Crippen molar-refractivity contribution in [3.63, 3.8) is 0 Å². The van der Waals surface area contributed by atoms with Gasteiger partial charge in [0.25, 0.3) is 0 Å². The zero-order chi connectivity index (χ0) is 16.1. The Morgan fingerprint density at radius 1 is 1.32 bits per heavy atom. The number of ether oxygens (including phenoxy) is 2. The van der Waals surface area contributed by atoms with Crippen LogP contribution >= 0.6 is 0 Å². The van der Waals surface area contributed by atoms with Crippen molar-refractivity contribution in [2.24, 2.45) is 0 Å². The van der Waals surface area contributed by atoms with E-state index in [1.807, 2.05) is 13.8 Å². The maximum absolute atomic E-state index is 12.4. The molecule has 6 heteroatoms. The molecule has 0 radical (unpaired) electrons. The number of aromatic nitrogens is 2. The summed E-state index contributed by atoms with van der Waals surface area (Å²) in [5, 5.41) is 0.391. The monoisotopic (exact) mass is 304 g/mol. The fraction of sp³-hybridized carbons (Fsp3) is 0.438. The maximum Gasteiger partial charge on any atom is 0.343 e. The van der Waals surface area contributed by atoms with E-state index in [2.05, 4.69) is 9.97 Å². The molecule has 2 aromatic heterocycles. The Morgan fingerprint density at radius 2 is 2.09 bits per heavy atom. The number of carbonyl (C=O) groups is 1. The molecule has 0 amide bonds. The number of H-pyrrole nitrogens is 1. The van der Waals surface area contributed by atoms with Crippen LogP contribution in [0.15, 0.2) is 17.1 Å². The van der Waals surface area contributed by atoms with Gasteiger partial charge in [0.2, 0.25) is 5.43 Å². The highest BCUT2D eigenvalue weighted by molar-refractivity contribution is 5.92. The average molecular weight is 304 g/mol.